The highest BCUT2D eigenvalue weighted by atomic mass is 35.5. The smallest absolute Gasteiger partial charge is 0.224 e. The molecule has 3 rings (SSSR count). The lowest BCUT2D eigenvalue weighted by Crippen LogP contribution is -2.35. The van der Waals surface area contributed by atoms with E-state index < -0.39 is 0 Å². The molecular weight excluding hydrogens is 342 g/mol. The summed E-state index contributed by atoms with van der Waals surface area (Å²) in [6.07, 6.45) is 5.01. The van der Waals surface area contributed by atoms with Crippen LogP contribution >= 0.6 is 23.7 Å². The molecule has 0 aliphatic heterocycles. The van der Waals surface area contributed by atoms with Crippen molar-refractivity contribution in [1.82, 2.24) is 4.98 Å². The monoisotopic (exact) mass is 365 g/mol. The lowest BCUT2D eigenvalue weighted by Gasteiger charge is -2.27. The number of carbonyl (C=O) groups is 1. The Bertz CT molecular complexity index is 671. The number of thiazole rings is 1. The summed E-state index contributed by atoms with van der Waals surface area (Å²) in [5, 5.41) is 6.09. The van der Waals surface area contributed by atoms with Crippen molar-refractivity contribution in [3.63, 3.8) is 0 Å². The molecule has 1 aliphatic carbocycles. The van der Waals surface area contributed by atoms with Gasteiger partial charge in [0, 0.05) is 29.1 Å². The Hall–Kier alpha value is -1.43. The van der Waals surface area contributed by atoms with Crippen molar-refractivity contribution < 1.29 is 4.79 Å². The zero-order valence-corrected chi connectivity index (χ0v) is 15.5. The number of aryl methyl sites for hydroxylation is 1. The molecule has 1 saturated carbocycles. The van der Waals surface area contributed by atoms with E-state index in [1.807, 2.05) is 36.6 Å². The minimum Gasteiger partial charge on any atom is -0.327 e. The summed E-state index contributed by atoms with van der Waals surface area (Å²) in [7, 11) is 0. The minimum absolute atomic E-state index is 0. The fourth-order valence-electron chi connectivity index (χ4n) is 3.16. The maximum Gasteiger partial charge on any atom is 0.224 e. The second-order valence-corrected chi connectivity index (χ2v) is 7.35. The average molecular weight is 366 g/mol. The van der Waals surface area contributed by atoms with Crippen LogP contribution in [-0.4, -0.2) is 16.9 Å². The van der Waals surface area contributed by atoms with Gasteiger partial charge in [-0.05, 0) is 37.8 Å². The van der Waals surface area contributed by atoms with E-state index in [-0.39, 0.29) is 24.4 Å². The molecule has 1 aromatic carbocycles. The first-order valence-electron chi connectivity index (χ1n) is 8.20. The van der Waals surface area contributed by atoms with Gasteiger partial charge >= 0.3 is 0 Å². The van der Waals surface area contributed by atoms with E-state index in [9.17, 15) is 4.79 Å². The molecule has 130 valence electrons. The Kier molecular flexibility index (Phi) is 6.78. The topological polar surface area (TPSA) is 68.0 Å². The quantitative estimate of drug-likeness (QED) is 0.844. The number of aromatic nitrogens is 1. The van der Waals surface area contributed by atoms with Crippen molar-refractivity contribution in [3.8, 4) is 11.3 Å². The third kappa shape index (κ3) is 4.79. The van der Waals surface area contributed by atoms with Gasteiger partial charge in [0.05, 0.1) is 10.7 Å². The van der Waals surface area contributed by atoms with E-state index in [2.05, 4.69) is 10.3 Å². The van der Waals surface area contributed by atoms with Crippen LogP contribution < -0.4 is 11.1 Å². The van der Waals surface area contributed by atoms with Gasteiger partial charge in [-0.3, -0.25) is 4.79 Å². The number of benzene rings is 1. The molecule has 2 atom stereocenters. The molecule has 0 radical (unpaired) electrons. The molecule has 1 fully saturated rings. The summed E-state index contributed by atoms with van der Waals surface area (Å²) >= 11 is 1.64. The van der Waals surface area contributed by atoms with Crippen molar-refractivity contribution in [2.45, 2.75) is 45.1 Å². The molecule has 4 nitrogen and oxygen atoms in total. The molecule has 2 aromatic rings. The highest BCUT2D eigenvalue weighted by Gasteiger charge is 2.24. The summed E-state index contributed by atoms with van der Waals surface area (Å²) in [6.45, 7) is 2.00. The van der Waals surface area contributed by atoms with Gasteiger partial charge in [0.15, 0.2) is 0 Å². The number of nitrogens with two attached hydrogens (primary N) is 1. The summed E-state index contributed by atoms with van der Waals surface area (Å²) in [5.41, 5.74) is 9.01. The Labute approximate surface area is 153 Å². The Balaban J connectivity index is 0.00000208. The zero-order valence-electron chi connectivity index (χ0n) is 13.8. The maximum absolute atomic E-state index is 12.2. The molecule has 24 heavy (non-hydrogen) atoms. The standard InChI is InChI=1S/C18H23N3OS.ClH/c1-12-20-17(11-23-12)13-6-8-15(9-7-13)21-18(22)10-14-4-2-3-5-16(14)19;/h6-9,11,14,16H,2-5,10,19H2,1H3,(H,21,22);1H. The van der Waals surface area contributed by atoms with Gasteiger partial charge in [-0.2, -0.15) is 0 Å². The predicted octanol–water partition coefficient (Wildman–Crippen LogP) is 4.39. The highest BCUT2D eigenvalue weighted by Crippen LogP contribution is 2.27. The van der Waals surface area contributed by atoms with Gasteiger partial charge in [-0.1, -0.05) is 25.0 Å². The van der Waals surface area contributed by atoms with Crippen molar-refractivity contribution in [2.75, 3.05) is 5.32 Å². The molecule has 0 saturated heterocycles. The Morgan fingerprint density at radius 2 is 2.00 bits per heavy atom. The predicted molar refractivity (Wildman–Crippen MR) is 103 cm³/mol. The number of rotatable bonds is 4. The number of anilines is 1. The van der Waals surface area contributed by atoms with E-state index in [0.29, 0.717) is 12.3 Å². The fourth-order valence-corrected chi connectivity index (χ4v) is 3.78. The molecule has 1 amide bonds. The third-order valence-electron chi connectivity index (χ3n) is 4.50. The van der Waals surface area contributed by atoms with E-state index in [1.54, 1.807) is 11.3 Å². The second-order valence-electron chi connectivity index (χ2n) is 6.29. The molecule has 0 spiro atoms. The zero-order chi connectivity index (χ0) is 16.2. The summed E-state index contributed by atoms with van der Waals surface area (Å²) in [6, 6.07) is 8.03. The summed E-state index contributed by atoms with van der Waals surface area (Å²) in [5.74, 6) is 0.380. The lowest BCUT2D eigenvalue weighted by molar-refractivity contribution is -0.117. The molecule has 1 aliphatic rings. The molecule has 0 bridgehead atoms. The average Bonchev–Trinajstić information content (AvgIpc) is 2.97. The van der Waals surface area contributed by atoms with Crippen LogP contribution in [0.4, 0.5) is 5.69 Å². The van der Waals surface area contributed by atoms with Crippen LogP contribution in [0, 0.1) is 12.8 Å². The summed E-state index contributed by atoms with van der Waals surface area (Å²) in [4.78, 5) is 16.7. The lowest BCUT2D eigenvalue weighted by atomic mass is 9.83. The second kappa shape index (κ2) is 8.60. The van der Waals surface area contributed by atoms with Crippen molar-refractivity contribution in [1.29, 1.82) is 0 Å². The number of carbonyl (C=O) groups excluding carboxylic acids is 1. The number of halogens is 1. The van der Waals surface area contributed by atoms with E-state index in [1.165, 1.54) is 12.8 Å². The molecule has 1 heterocycles. The van der Waals surface area contributed by atoms with E-state index in [0.717, 1.165) is 34.8 Å². The SMILES string of the molecule is Cc1nc(-c2ccc(NC(=O)CC3CCCCC3N)cc2)cs1.Cl. The molecule has 6 heteroatoms. The third-order valence-corrected chi connectivity index (χ3v) is 5.27. The van der Waals surface area contributed by atoms with Crippen molar-refractivity contribution in [2.24, 2.45) is 11.7 Å². The van der Waals surface area contributed by atoms with Gasteiger partial charge in [0.1, 0.15) is 0 Å². The normalized spacial score (nSPS) is 20.2. The number of nitrogens with one attached hydrogen (secondary N) is 1. The van der Waals surface area contributed by atoms with Gasteiger partial charge in [-0.15, -0.1) is 23.7 Å². The highest BCUT2D eigenvalue weighted by molar-refractivity contribution is 7.09. The molecule has 2 unspecified atom stereocenters. The van der Waals surface area contributed by atoms with Gasteiger partial charge < -0.3 is 11.1 Å². The van der Waals surface area contributed by atoms with Gasteiger partial charge in [0.2, 0.25) is 5.91 Å². The van der Waals surface area contributed by atoms with Crippen LogP contribution in [-0.2, 0) is 4.79 Å². The molecule has 3 N–H and O–H groups in total. The summed E-state index contributed by atoms with van der Waals surface area (Å²) < 4.78 is 0. The first-order chi connectivity index (χ1) is 11.1. The van der Waals surface area contributed by atoms with Gasteiger partial charge in [0.25, 0.3) is 0 Å². The number of amides is 1. The van der Waals surface area contributed by atoms with Crippen LogP contribution in [0.2, 0.25) is 0 Å². The van der Waals surface area contributed by atoms with E-state index >= 15 is 0 Å². The van der Waals surface area contributed by atoms with E-state index in [4.69, 9.17) is 5.73 Å². The van der Waals surface area contributed by atoms with Crippen LogP contribution in [0.15, 0.2) is 29.6 Å². The van der Waals surface area contributed by atoms with Crippen molar-refractivity contribution in [3.05, 3.63) is 34.7 Å². The first-order valence-corrected chi connectivity index (χ1v) is 9.08. The molecule has 1 aromatic heterocycles. The maximum atomic E-state index is 12.2. The largest absolute Gasteiger partial charge is 0.327 e. The first kappa shape index (κ1) is 18.9. The minimum atomic E-state index is 0. The fraction of sp³-hybridized carbons (Fsp3) is 0.444. The Morgan fingerprint density at radius 1 is 1.29 bits per heavy atom. The van der Waals surface area contributed by atoms with Crippen LogP contribution in [0.5, 0.6) is 0 Å². The number of hydrogen-bond donors (Lipinski definition) is 2. The van der Waals surface area contributed by atoms with Crippen LogP contribution in [0.25, 0.3) is 11.3 Å². The van der Waals surface area contributed by atoms with Crippen LogP contribution in [0.1, 0.15) is 37.1 Å². The molecular formula is C18H24ClN3OS. The Morgan fingerprint density at radius 3 is 2.62 bits per heavy atom. The number of hydrogen-bond acceptors (Lipinski definition) is 4. The van der Waals surface area contributed by atoms with Gasteiger partial charge in [-0.25, -0.2) is 4.98 Å². The van der Waals surface area contributed by atoms with Crippen molar-refractivity contribution >= 4 is 35.3 Å². The number of nitrogens with zero attached hydrogens (tertiary/aromatic N) is 1. The van der Waals surface area contributed by atoms with Crippen LogP contribution in [0.3, 0.4) is 0 Å².